The van der Waals surface area contributed by atoms with Crippen LogP contribution in [0.2, 0.25) is 0 Å². The highest BCUT2D eigenvalue weighted by molar-refractivity contribution is 8.59. The summed E-state index contributed by atoms with van der Waals surface area (Å²) in [7, 11) is 0. The fourth-order valence-corrected chi connectivity index (χ4v) is 5.88. The van der Waals surface area contributed by atoms with Gasteiger partial charge >= 0.3 is 0 Å². The lowest BCUT2D eigenvalue weighted by molar-refractivity contribution is 0.353. The Morgan fingerprint density at radius 1 is 1.33 bits per heavy atom. The normalized spacial score (nSPS) is 15.2. The molecule has 0 fully saturated rings. The third-order valence-corrected chi connectivity index (χ3v) is 7.00. The average Bonchev–Trinajstić information content (AvgIpc) is 2.18. The van der Waals surface area contributed by atoms with Crippen molar-refractivity contribution in [3.63, 3.8) is 0 Å². The highest BCUT2D eigenvalue weighted by Crippen LogP contribution is 2.59. The van der Waals surface area contributed by atoms with Gasteiger partial charge in [-0.15, -0.1) is 0 Å². The van der Waals surface area contributed by atoms with Gasteiger partial charge in [-0.05, 0) is 19.1 Å². The Labute approximate surface area is 95.6 Å². The van der Waals surface area contributed by atoms with E-state index in [9.17, 15) is 4.57 Å². The average molecular weight is 244 g/mol. The molecule has 1 aromatic rings. The lowest BCUT2D eigenvalue weighted by Crippen LogP contribution is -2.06. The second-order valence-corrected chi connectivity index (χ2v) is 8.40. The molecule has 2 nitrogen and oxygen atoms in total. The SMILES string of the molecule is CCOP(=O)(SC(C)C)c1ccccc1. The standard InChI is InChI=1S/C11H17O2PS/c1-4-13-14(12,15-10(2)3)11-8-6-5-7-9-11/h5-10H,4H2,1-3H3. The molecule has 0 saturated heterocycles. The van der Waals surface area contributed by atoms with Crippen molar-refractivity contribution in [1.82, 2.24) is 0 Å². The summed E-state index contributed by atoms with van der Waals surface area (Å²) in [5.74, 6) is 0. The predicted octanol–water partition coefficient (Wildman–Crippen LogP) is 3.68. The van der Waals surface area contributed by atoms with E-state index in [1.54, 1.807) is 0 Å². The molecule has 0 N–H and O–H groups in total. The largest absolute Gasteiger partial charge is 0.318 e. The highest BCUT2D eigenvalue weighted by Gasteiger charge is 2.27. The fourth-order valence-electron chi connectivity index (χ4n) is 1.22. The van der Waals surface area contributed by atoms with Gasteiger partial charge in [0.1, 0.15) is 0 Å². The first kappa shape index (κ1) is 12.8. The lowest BCUT2D eigenvalue weighted by atomic mass is 10.4. The van der Waals surface area contributed by atoms with Crippen LogP contribution in [-0.4, -0.2) is 11.9 Å². The van der Waals surface area contributed by atoms with Crippen LogP contribution in [0, 0.1) is 0 Å². The molecule has 15 heavy (non-hydrogen) atoms. The van der Waals surface area contributed by atoms with Crippen LogP contribution in [0.1, 0.15) is 20.8 Å². The third-order valence-electron chi connectivity index (χ3n) is 1.72. The van der Waals surface area contributed by atoms with Crippen molar-refractivity contribution in [2.45, 2.75) is 26.0 Å². The second kappa shape index (κ2) is 5.74. The van der Waals surface area contributed by atoms with Gasteiger partial charge in [0.2, 0.25) is 0 Å². The Morgan fingerprint density at radius 3 is 2.40 bits per heavy atom. The van der Waals surface area contributed by atoms with Gasteiger partial charge < -0.3 is 4.52 Å². The molecule has 0 radical (unpaired) electrons. The topological polar surface area (TPSA) is 26.3 Å². The van der Waals surface area contributed by atoms with E-state index in [4.69, 9.17) is 4.52 Å². The summed E-state index contributed by atoms with van der Waals surface area (Å²) in [6, 6.07) is 9.43. The van der Waals surface area contributed by atoms with Crippen LogP contribution >= 0.6 is 18.0 Å². The van der Waals surface area contributed by atoms with Crippen LogP contribution in [0.5, 0.6) is 0 Å². The van der Waals surface area contributed by atoms with E-state index in [2.05, 4.69) is 0 Å². The molecule has 0 saturated carbocycles. The molecule has 4 heteroatoms. The zero-order valence-corrected chi connectivity index (χ0v) is 11.1. The summed E-state index contributed by atoms with van der Waals surface area (Å²) in [5, 5.41) is 1.09. The van der Waals surface area contributed by atoms with Gasteiger partial charge in [-0.1, -0.05) is 43.4 Å². The molecule has 0 heterocycles. The molecule has 84 valence electrons. The fraction of sp³-hybridized carbons (Fsp3) is 0.455. The highest BCUT2D eigenvalue weighted by atomic mass is 32.7. The molecule has 0 spiro atoms. The maximum absolute atomic E-state index is 12.6. The quantitative estimate of drug-likeness (QED) is 0.739. The van der Waals surface area contributed by atoms with E-state index in [0.717, 1.165) is 5.30 Å². The molecule has 1 unspecified atom stereocenters. The summed E-state index contributed by atoms with van der Waals surface area (Å²) in [6.07, 6.45) is 0. The number of benzene rings is 1. The third kappa shape index (κ3) is 3.67. The van der Waals surface area contributed by atoms with Gasteiger partial charge in [0.05, 0.1) is 6.61 Å². The molecular formula is C11H17O2PS. The van der Waals surface area contributed by atoms with Crippen molar-refractivity contribution in [2.75, 3.05) is 6.61 Å². The van der Waals surface area contributed by atoms with E-state index < -0.39 is 6.57 Å². The Bertz CT molecular complexity index is 338. The molecule has 0 amide bonds. The van der Waals surface area contributed by atoms with Crippen molar-refractivity contribution in [2.24, 2.45) is 0 Å². The first-order chi connectivity index (χ1) is 7.08. The Kier molecular flexibility index (Phi) is 4.91. The summed E-state index contributed by atoms with van der Waals surface area (Å²) >= 11 is 1.41. The summed E-state index contributed by atoms with van der Waals surface area (Å²) in [5.41, 5.74) is 0. The minimum atomic E-state index is -2.71. The summed E-state index contributed by atoms with van der Waals surface area (Å²) in [6.45, 7) is 3.69. The van der Waals surface area contributed by atoms with Crippen molar-refractivity contribution in [1.29, 1.82) is 0 Å². The minimum absolute atomic E-state index is 0.294. The number of hydrogen-bond acceptors (Lipinski definition) is 3. The Balaban J connectivity index is 2.96. The first-order valence-corrected chi connectivity index (χ1v) is 8.18. The maximum Gasteiger partial charge on any atom is 0.287 e. The molecule has 0 bridgehead atoms. The predicted molar refractivity (Wildman–Crippen MR) is 68.0 cm³/mol. The molecule has 0 aliphatic rings. The smallest absolute Gasteiger partial charge is 0.287 e. The molecule has 0 aliphatic heterocycles. The van der Waals surface area contributed by atoms with E-state index in [1.165, 1.54) is 11.4 Å². The van der Waals surface area contributed by atoms with E-state index >= 15 is 0 Å². The van der Waals surface area contributed by atoms with E-state index in [-0.39, 0.29) is 0 Å². The van der Waals surface area contributed by atoms with Gasteiger partial charge in [0.25, 0.3) is 6.57 Å². The summed E-state index contributed by atoms with van der Waals surface area (Å²) < 4.78 is 18.0. The van der Waals surface area contributed by atoms with Crippen LogP contribution in [0.3, 0.4) is 0 Å². The Hall–Kier alpha value is -0.240. The van der Waals surface area contributed by atoms with E-state index in [1.807, 2.05) is 51.1 Å². The Morgan fingerprint density at radius 2 is 1.93 bits per heavy atom. The zero-order chi connectivity index (χ0) is 11.3. The number of rotatable bonds is 5. The van der Waals surface area contributed by atoms with Crippen LogP contribution in [0.15, 0.2) is 30.3 Å². The summed E-state index contributed by atoms with van der Waals surface area (Å²) in [4.78, 5) is 0. The van der Waals surface area contributed by atoms with Gasteiger partial charge in [-0.2, -0.15) is 0 Å². The van der Waals surface area contributed by atoms with Gasteiger partial charge in [-0.3, -0.25) is 4.57 Å². The maximum atomic E-state index is 12.6. The molecule has 0 aromatic heterocycles. The second-order valence-electron chi connectivity index (χ2n) is 3.40. The first-order valence-electron chi connectivity index (χ1n) is 5.07. The van der Waals surface area contributed by atoms with Gasteiger partial charge in [-0.25, -0.2) is 0 Å². The van der Waals surface area contributed by atoms with Gasteiger partial charge in [0.15, 0.2) is 0 Å². The van der Waals surface area contributed by atoms with Gasteiger partial charge in [0, 0.05) is 10.6 Å². The number of hydrogen-bond donors (Lipinski definition) is 0. The van der Waals surface area contributed by atoms with Crippen molar-refractivity contribution >= 4 is 23.3 Å². The molecule has 1 rings (SSSR count). The molecule has 0 aliphatic carbocycles. The van der Waals surface area contributed by atoms with Crippen LogP contribution in [0.4, 0.5) is 0 Å². The molecule has 1 aromatic carbocycles. The van der Waals surface area contributed by atoms with Crippen LogP contribution in [-0.2, 0) is 9.09 Å². The van der Waals surface area contributed by atoms with Crippen LogP contribution in [0.25, 0.3) is 0 Å². The molecule has 1 atom stereocenters. The molecular weight excluding hydrogens is 227 g/mol. The van der Waals surface area contributed by atoms with Crippen LogP contribution < -0.4 is 5.30 Å². The lowest BCUT2D eigenvalue weighted by Gasteiger charge is -2.18. The monoisotopic (exact) mass is 244 g/mol. The minimum Gasteiger partial charge on any atom is -0.318 e. The van der Waals surface area contributed by atoms with Crippen molar-refractivity contribution in [3.8, 4) is 0 Å². The van der Waals surface area contributed by atoms with Crippen molar-refractivity contribution < 1.29 is 9.09 Å². The van der Waals surface area contributed by atoms with E-state index in [0.29, 0.717) is 11.9 Å². The van der Waals surface area contributed by atoms with Crippen molar-refractivity contribution in [3.05, 3.63) is 30.3 Å². The zero-order valence-electron chi connectivity index (χ0n) is 9.34.